The number of rotatable bonds is 7. The molecular formula is C24H27F3N2O3S. The van der Waals surface area contributed by atoms with Crippen LogP contribution >= 0.6 is 0 Å². The molecule has 0 aliphatic heterocycles. The molecule has 2 atom stereocenters. The van der Waals surface area contributed by atoms with Crippen molar-refractivity contribution in [2.45, 2.75) is 57.7 Å². The standard InChI is InChI=1S/C24H27F3N2O3S/c1-16-8-6-9-18(12-16)23(29-33(30)22(3,4)5,15-21-13-17(2)28-32-21)19-10-7-11-20(14-19)31-24(25,26)27/h6-14,29H,15H2,1-5H3/t23?,33-/m1/s1. The molecule has 5 nitrogen and oxygen atoms in total. The Morgan fingerprint density at radius 3 is 2.18 bits per heavy atom. The monoisotopic (exact) mass is 480 g/mol. The Morgan fingerprint density at radius 2 is 1.64 bits per heavy atom. The first-order chi connectivity index (χ1) is 15.3. The number of ether oxygens (including phenoxy) is 1. The number of benzene rings is 2. The number of halogens is 3. The van der Waals surface area contributed by atoms with Gasteiger partial charge in [0.05, 0.1) is 5.69 Å². The first kappa shape index (κ1) is 25.1. The molecule has 3 aromatic rings. The lowest BCUT2D eigenvalue weighted by Gasteiger charge is -2.38. The number of aromatic nitrogens is 1. The molecule has 1 heterocycles. The summed E-state index contributed by atoms with van der Waals surface area (Å²) in [5.41, 5.74) is 1.58. The molecule has 178 valence electrons. The minimum Gasteiger partial charge on any atom is -0.598 e. The maximum atomic E-state index is 13.4. The number of hydrogen-bond donors (Lipinski definition) is 1. The van der Waals surface area contributed by atoms with Crippen molar-refractivity contribution in [2.75, 3.05) is 0 Å². The smallest absolute Gasteiger partial charge is 0.573 e. The van der Waals surface area contributed by atoms with Gasteiger partial charge in [-0.3, -0.25) is 0 Å². The second-order valence-electron chi connectivity index (χ2n) is 8.94. The summed E-state index contributed by atoms with van der Waals surface area (Å²) in [4.78, 5) is 0. The van der Waals surface area contributed by atoms with Crippen molar-refractivity contribution in [3.8, 4) is 5.75 Å². The average molecular weight is 481 g/mol. The van der Waals surface area contributed by atoms with Gasteiger partial charge in [-0.15, -0.1) is 17.9 Å². The fourth-order valence-electron chi connectivity index (χ4n) is 3.47. The Morgan fingerprint density at radius 1 is 1.00 bits per heavy atom. The molecule has 0 aliphatic rings. The van der Waals surface area contributed by atoms with E-state index in [1.807, 2.05) is 52.0 Å². The van der Waals surface area contributed by atoms with Crippen LogP contribution in [-0.4, -0.2) is 20.8 Å². The molecule has 0 saturated heterocycles. The number of nitrogens with one attached hydrogen (secondary N) is 1. The van der Waals surface area contributed by atoms with Crippen LogP contribution in [0, 0.1) is 13.8 Å². The lowest BCUT2D eigenvalue weighted by molar-refractivity contribution is -0.274. The molecular weight excluding hydrogens is 453 g/mol. The van der Waals surface area contributed by atoms with Crippen molar-refractivity contribution in [1.82, 2.24) is 9.88 Å². The Kier molecular flexibility index (Phi) is 7.16. The van der Waals surface area contributed by atoms with Gasteiger partial charge in [0.2, 0.25) is 0 Å². The molecule has 0 bridgehead atoms. The molecule has 0 aliphatic carbocycles. The third-order valence-electron chi connectivity index (χ3n) is 5.01. The van der Waals surface area contributed by atoms with Crippen LogP contribution in [-0.2, 0) is 23.3 Å². The lowest BCUT2D eigenvalue weighted by atomic mass is 9.79. The molecule has 2 aromatic carbocycles. The summed E-state index contributed by atoms with van der Waals surface area (Å²) in [5, 5.41) is 3.95. The van der Waals surface area contributed by atoms with Crippen LogP contribution < -0.4 is 9.46 Å². The van der Waals surface area contributed by atoms with E-state index in [1.165, 1.54) is 18.2 Å². The van der Waals surface area contributed by atoms with E-state index in [9.17, 15) is 17.7 Å². The number of alkyl halides is 3. The molecule has 1 aromatic heterocycles. The van der Waals surface area contributed by atoms with Crippen LogP contribution in [0.5, 0.6) is 5.75 Å². The van der Waals surface area contributed by atoms with Crippen LogP contribution in [0.3, 0.4) is 0 Å². The summed E-state index contributed by atoms with van der Waals surface area (Å²) in [6.45, 7) is 9.15. The fourth-order valence-corrected chi connectivity index (χ4v) is 4.40. The zero-order valence-corrected chi connectivity index (χ0v) is 19.9. The van der Waals surface area contributed by atoms with Crippen molar-refractivity contribution in [3.05, 3.63) is 82.7 Å². The van der Waals surface area contributed by atoms with Gasteiger partial charge < -0.3 is 13.8 Å². The Bertz CT molecular complexity index is 1090. The van der Waals surface area contributed by atoms with Gasteiger partial charge in [-0.05, 0) is 57.9 Å². The van der Waals surface area contributed by atoms with E-state index >= 15 is 0 Å². The van der Waals surface area contributed by atoms with E-state index in [-0.39, 0.29) is 12.2 Å². The molecule has 0 radical (unpaired) electrons. The summed E-state index contributed by atoms with van der Waals surface area (Å²) in [7, 11) is 0. The van der Waals surface area contributed by atoms with Crippen LogP contribution in [0.2, 0.25) is 0 Å². The fraction of sp³-hybridized carbons (Fsp3) is 0.375. The second kappa shape index (κ2) is 9.40. The van der Waals surface area contributed by atoms with E-state index in [2.05, 4.69) is 14.6 Å². The maximum absolute atomic E-state index is 13.4. The first-order valence-electron chi connectivity index (χ1n) is 10.3. The highest BCUT2D eigenvalue weighted by Crippen LogP contribution is 2.38. The third-order valence-corrected chi connectivity index (χ3v) is 6.66. The Hall–Kier alpha value is -2.49. The van der Waals surface area contributed by atoms with Crippen LogP contribution in [0.4, 0.5) is 13.2 Å². The quantitative estimate of drug-likeness (QED) is 0.438. The number of nitrogens with zero attached hydrogens (tertiary/aromatic N) is 1. The molecule has 3 rings (SSSR count). The molecule has 1 N–H and O–H groups in total. The second-order valence-corrected chi connectivity index (χ2v) is 10.9. The largest absolute Gasteiger partial charge is 0.598 e. The van der Waals surface area contributed by atoms with E-state index in [1.54, 1.807) is 19.1 Å². The molecule has 0 amide bonds. The molecule has 0 fully saturated rings. The molecule has 33 heavy (non-hydrogen) atoms. The summed E-state index contributed by atoms with van der Waals surface area (Å²) in [6, 6.07) is 15.0. The van der Waals surface area contributed by atoms with E-state index in [0.717, 1.165) is 11.1 Å². The van der Waals surface area contributed by atoms with Gasteiger partial charge in [0.1, 0.15) is 21.8 Å². The highest BCUT2D eigenvalue weighted by atomic mass is 32.2. The lowest BCUT2D eigenvalue weighted by Crippen LogP contribution is -2.53. The van der Waals surface area contributed by atoms with Gasteiger partial charge in [-0.1, -0.05) is 47.1 Å². The van der Waals surface area contributed by atoms with Gasteiger partial charge in [0.15, 0.2) is 0 Å². The third kappa shape index (κ3) is 6.31. The predicted molar refractivity (Wildman–Crippen MR) is 121 cm³/mol. The predicted octanol–water partition coefficient (Wildman–Crippen LogP) is 5.73. The van der Waals surface area contributed by atoms with Crippen LogP contribution in [0.1, 0.15) is 48.9 Å². The molecule has 0 saturated carbocycles. The van der Waals surface area contributed by atoms with Gasteiger partial charge in [-0.25, -0.2) is 0 Å². The van der Waals surface area contributed by atoms with Crippen LogP contribution in [0.25, 0.3) is 0 Å². The highest BCUT2D eigenvalue weighted by molar-refractivity contribution is 7.90. The maximum Gasteiger partial charge on any atom is 0.573 e. The zero-order valence-electron chi connectivity index (χ0n) is 19.1. The van der Waals surface area contributed by atoms with Crippen molar-refractivity contribution in [2.24, 2.45) is 0 Å². The highest BCUT2D eigenvalue weighted by Gasteiger charge is 2.44. The summed E-state index contributed by atoms with van der Waals surface area (Å²) in [5.74, 6) is 0.128. The topological polar surface area (TPSA) is 70.4 Å². The molecule has 0 spiro atoms. The van der Waals surface area contributed by atoms with Gasteiger partial charge in [-0.2, -0.15) is 0 Å². The minimum absolute atomic E-state index is 0.161. The van der Waals surface area contributed by atoms with Gasteiger partial charge in [0.25, 0.3) is 0 Å². The molecule has 9 heteroatoms. The first-order valence-corrected chi connectivity index (χ1v) is 11.5. The summed E-state index contributed by atoms with van der Waals surface area (Å²) < 4.78 is 64.5. The van der Waals surface area contributed by atoms with Crippen molar-refractivity contribution < 1.29 is 27.0 Å². The number of aryl methyl sites for hydroxylation is 2. The van der Waals surface area contributed by atoms with E-state index in [0.29, 0.717) is 17.0 Å². The van der Waals surface area contributed by atoms with Gasteiger partial charge in [0, 0.05) is 23.8 Å². The van der Waals surface area contributed by atoms with E-state index < -0.39 is 28.0 Å². The van der Waals surface area contributed by atoms with Crippen molar-refractivity contribution >= 4 is 11.4 Å². The van der Waals surface area contributed by atoms with Crippen molar-refractivity contribution in [1.29, 1.82) is 0 Å². The van der Waals surface area contributed by atoms with Gasteiger partial charge >= 0.3 is 6.36 Å². The SMILES string of the molecule is Cc1cccc(C(Cc2cc(C)no2)(N[S@+]([O-])C(C)(C)C)c2cccc(OC(F)(F)F)c2)c1. The summed E-state index contributed by atoms with van der Waals surface area (Å²) in [6.07, 6.45) is -4.68. The van der Waals surface area contributed by atoms with E-state index in [4.69, 9.17) is 4.52 Å². The van der Waals surface area contributed by atoms with Crippen molar-refractivity contribution in [3.63, 3.8) is 0 Å². The minimum atomic E-state index is -4.84. The summed E-state index contributed by atoms with van der Waals surface area (Å²) >= 11 is -1.58. The zero-order chi connectivity index (χ0) is 24.4. The Labute approximate surface area is 194 Å². The molecule has 1 unspecified atom stereocenters. The normalized spacial score (nSPS) is 15.2. The number of hydrogen-bond acceptors (Lipinski definition) is 5. The van der Waals surface area contributed by atoms with Crippen LogP contribution in [0.15, 0.2) is 59.1 Å². The Balaban J connectivity index is 2.25. The average Bonchev–Trinajstić information content (AvgIpc) is 3.10.